The van der Waals surface area contributed by atoms with Gasteiger partial charge in [0, 0.05) is 41.1 Å². The SMILES string of the molecule is Cl.Clc1ccc(OCCCC2CNCCc3[nH]c4ccccc4c32)c(Cl)c1. The van der Waals surface area contributed by atoms with Gasteiger partial charge in [-0.3, -0.25) is 0 Å². The monoisotopic (exact) mass is 424 g/mol. The number of aromatic amines is 1. The first kappa shape index (κ1) is 20.3. The van der Waals surface area contributed by atoms with Gasteiger partial charge in [-0.05, 0) is 48.6 Å². The van der Waals surface area contributed by atoms with Gasteiger partial charge in [0.05, 0.1) is 11.6 Å². The molecule has 0 fully saturated rings. The summed E-state index contributed by atoms with van der Waals surface area (Å²) in [6, 6.07) is 14.0. The molecule has 27 heavy (non-hydrogen) atoms. The van der Waals surface area contributed by atoms with Gasteiger partial charge < -0.3 is 15.0 Å². The van der Waals surface area contributed by atoms with Crippen molar-refractivity contribution >= 4 is 46.5 Å². The van der Waals surface area contributed by atoms with Crippen molar-refractivity contribution in [2.45, 2.75) is 25.2 Å². The van der Waals surface area contributed by atoms with E-state index in [-0.39, 0.29) is 12.4 Å². The Morgan fingerprint density at radius 1 is 1.11 bits per heavy atom. The number of aromatic nitrogens is 1. The first-order valence-corrected chi connectivity index (χ1v) is 9.86. The van der Waals surface area contributed by atoms with Gasteiger partial charge >= 0.3 is 0 Å². The van der Waals surface area contributed by atoms with E-state index in [0.717, 1.165) is 32.4 Å². The molecular weight excluding hydrogens is 403 g/mol. The molecule has 0 saturated heterocycles. The minimum atomic E-state index is 0. The number of H-pyrrole nitrogens is 1. The third-order valence-electron chi connectivity index (χ3n) is 5.03. The van der Waals surface area contributed by atoms with E-state index in [4.69, 9.17) is 27.9 Å². The second-order valence-electron chi connectivity index (χ2n) is 6.78. The molecule has 2 N–H and O–H groups in total. The molecule has 3 nitrogen and oxygen atoms in total. The van der Waals surface area contributed by atoms with Gasteiger partial charge in [-0.15, -0.1) is 12.4 Å². The Morgan fingerprint density at radius 2 is 1.96 bits per heavy atom. The summed E-state index contributed by atoms with van der Waals surface area (Å²) in [6.07, 6.45) is 3.11. The molecule has 4 rings (SSSR count). The lowest BCUT2D eigenvalue weighted by Crippen LogP contribution is -2.20. The molecule has 0 spiro atoms. The lowest BCUT2D eigenvalue weighted by molar-refractivity contribution is 0.301. The summed E-state index contributed by atoms with van der Waals surface area (Å²) in [4.78, 5) is 3.61. The highest BCUT2D eigenvalue weighted by atomic mass is 35.5. The predicted molar refractivity (Wildman–Crippen MR) is 116 cm³/mol. The molecule has 0 radical (unpaired) electrons. The molecule has 144 valence electrons. The number of rotatable bonds is 5. The fraction of sp³-hybridized carbons (Fsp3) is 0.333. The van der Waals surface area contributed by atoms with E-state index in [9.17, 15) is 0 Å². The molecule has 6 heteroatoms. The van der Waals surface area contributed by atoms with E-state index in [1.807, 2.05) is 6.07 Å². The first-order valence-electron chi connectivity index (χ1n) is 9.10. The fourth-order valence-corrected chi connectivity index (χ4v) is 4.29. The van der Waals surface area contributed by atoms with Crippen LogP contribution in [0.3, 0.4) is 0 Å². The van der Waals surface area contributed by atoms with E-state index in [1.165, 1.54) is 22.2 Å². The van der Waals surface area contributed by atoms with Crippen molar-refractivity contribution in [3.63, 3.8) is 0 Å². The second kappa shape index (κ2) is 9.20. The van der Waals surface area contributed by atoms with Crippen molar-refractivity contribution in [3.05, 3.63) is 63.8 Å². The zero-order valence-electron chi connectivity index (χ0n) is 14.9. The minimum Gasteiger partial charge on any atom is -0.492 e. The Kier molecular flexibility index (Phi) is 6.93. The van der Waals surface area contributed by atoms with Crippen LogP contribution < -0.4 is 10.1 Å². The van der Waals surface area contributed by atoms with Gasteiger partial charge in [0.15, 0.2) is 0 Å². The van der Waals surface area contributed by atoms with Crippen LogP contribution in [0.4, 0.5) is 0 Å². The van der Waals surface area contributed by atoms with Crippen LogP contribution >= 0.6 is 35.6 Å². The molecule has 1 aliphatic heterocycles. The van der Waals surface area contributed by atoms with Crippen molar-refractivity contribution < 1.29 is 4.74 Å². The van der Waals surface area contributed by atoms with Crippen LogP contribution in [0.5, 0.6) is 5.75 Å². The molecule has 1 aliphatic rings. The van der Waals surface area contributed by atoms with Gasteiger partial charge in [0.1, 0.15) is 5.75 Å². The summed E-state index contributed by atoms with van der Waals surface area (Å²) in [7, 11) is 0. The standard InChI is InChI=1S/C21H22Cl2N2O.ClH/c22-15-7-8-20(17(23)12-15)26-11-3-4-14-13-24-10-9-19-21(14)16-5-1-2-6-18(16)25-19;/h1-2,5-8,12,14,24-25H,3-4,9-11,13H2;1H. The number of benzene rings is 2. The molecule has 1 atom stereocenters. The molecule has 0 amide bonds. The molecule has 1 unspecified atom stereocenters. The zero-order valence-corrected chi connectivity index (χ0v) is 17.3. The maximum Gasteiger partial charge on any atom is 0.137 e. The normalized spacial score (nSPS) is 16.4. The average molecular weight is 426 g/mol. The summed E-state index contributed by atoms with van der Waals surface area (Å²) in [5, 5.41) is 6.12. The number of fused-ring (bicyclic) bond motifs is 3. The summed E-state index contributed by atoms with van der Waals surface area (Å²) in [6.45, 7) is 2.68. The molecule has 0 aliphatic carbocycles. The third-order valence-corrected chi connectivity index (χ3v) is 5.56. The van der Waals surface area contributed by atoms with Crippen molar-refractivity contribution in [2.75, 3.05) is 19.7 Å². The Labute approximate surface area is 175 Å². The number of hydrogen-bond acceptors (Lipinski definition) is 2. The number of halogens is 3. The van der Waals surface area contributed by atoms with Crippen molar-refractivity contribution in [1.82, 2.24) is 10.3 Å². The number of para-hydroxylation sites is 1. The van der Waals surface area contributed by atoms with Crippen LogP contribution in [-0.2, 0) is 6.42 Å². The van der Waals surface area contributed by atoms with Crippen LogP contribution in [0, 0.1) is 0 Å². The van der Waals surface area contributed by atoms with Crippen molar-refractivity contribution in [3.8, 4) is 5.75 Å². The van der Waals surface area contributed by atoms with Crippen LogP contribution in [0.1, 0.15) is 30.0 Å². The van der Waals surface area contributed by atoms with Gasteiger partial charge in [-0.25, -0.2) is 0 Å². The Bertz CT molecular complexity index is 910. The highest BCUT2D eigenvalue weighted by Crippen LogP contribution is 2.34. The molecule has 2 aromatic carbocycles. The van der Waals surface area contributed by atoms with Gasteiger partial charge in [0.25, 0.3) is 0 Å². The maximum atomic E-state index is 6.17. The Hall–Kier alpha value is -1.39. The van der Waals surface area contributed by atoms with Crippen LogP contribution in [0.2, 0.25) is 10.0 Å². The summed E-state index contributed by atoms with van der Waals surface area (Å²) in [5.41, 5.74) is 4.10. The summed E-state index contributed by atoms with van der Waals surface area (Å²) >= 11 is 12.1. The minimum absolute atomic E-state index is 0. The molecule has 0 bridgehead atoms. The van der Waals surface area contributed by atoms with E-state index >= 15 is 0 Å². The van der Waals surface area contributed by atoms with E-state index in [1.54, 1.807) is 12.1 Å². The highest BCUT2D eigenvalue weighted by molar-refractivity contribution is 6.35. The van der Waals surface area contributed by atoms with Crippen LogP contribution in [0.15, 0.2) is 42.5 Å². The number of ether oxygens (including phenoxy) is 1. The molecular formula is C21H23Cl3N2O. The third kappa shape index (κ3) is 4.55. The quantitative estimate of drug-likeness (QED) is 0.493. The lowest BCUT2D eigenvalue weighted by atomic mass is 9.92. The largest absolute Gasteiger partial charge is 0.492 e. The number of nitrogens with one attached hydrogen (secondary N) is 2. The second-order valence-corrected chi connectivity index (χ2v) is 7.62. The average Bonchev–Trinajstić information content (AvgIpc) is 2.88. The summed E-state index contributed by atoms with van der Waals surface area (Å²) < 4.78 is 5.85. The Morgan fingerprint density at radius 3 is 2.81 bits per heavy atom. The molecule has 0 saturated carbocycles. The molecule has 2 heterocycles. The lowest BCUT2D eigenvalue weighted by Gasteiger charge is -2.16. The smallest absolute Gasteiger partial charge is 0.137 e. The van der Waals surface area contributed by atoms with Gasteiger partial charge in [-0.2, -0.15) is 0 Å². The highest BCUT2D eigenvalue weighted by Gasteiger charge is 2.22. The Balaban J connectivity index is 0.00000210. The topological polar surface area (TPSA) is 37.0 Å². The first-order chi connectivity index (χ1) is 12.7. The van der Waals surface area contributed by atoms with Gasteiger partial charge in [-0.1, -0.05) is 41.4 Å². The predicted octanol–water partition coefficient (Wildman–Crippen LogP) is 5.99. The van der Waals surface area contributed by atoms with Crippen molar-refractivity contribution in [1.29, 1.82) is 0 Å². The van der Waals surface area contributed by atoms with Gasteiger partial charge in [0.2, 0.25) is 0 Å². The zero-order chi connectivity index (χ0) is 17.9. The summed E-state index contributed by atoms with van der Waals surface area (Å²) in [5.74, 6) is 1.19. The van der Waals surface area contributed by atoms with Crippen molar-refractivity contribution in [2.24, 2.45) is 0 Å². The fourth-order valence-electron chi connectivity index (χ4n) is 3.83. The van der Waals surface area contributed by atoms with E-state index in [2.05, 4.69) is 34.6 Å². The van der Waals surface area contributed by atoms with Crippen LogP contribution in [0.25, 0.3) is 10.9 Å². The van der Waals surface area contributed by atoms with Crippen LogP contribution in [-0.4, -0.2) is 24.7 Å². The molecule has 1 aromatic heterocycles. The maximum absolute atomic E-state index is 6.17. The van der Waals surface area contributed by atoms with E-state index < -0.39 is 0 Å². The van der Waals surface area contributed by atoms with E-state index in [0.29, 0.717) is 28.3 Å². The number of hydrogen-bond donors (Lipinski definition) is 2. The molecule has 3 aromatic rings.